The lowest BCUT2D eigenvalue weighted by atomic mass is 9.85. The molecule has 1 aromatic heterocycles. The van der Waals surface area contributed by atoms with Crippen LogP contribution in [0.1, 0.15) is 31.5 Å². The molecule has 1 unspecified atom stereocenters. The highest BCUT2D eigenvalue weighted by Crippen LogP contribution is 2.36. The number of ketones is 1. The second-order valence-corrected chi connectivity index (χ2v) is 13.8. The van der Waals surface area contributed by atoms with Gasteiger partial charge in [-0.2, -0.15) is 0 Å². The maximum atomic E-state index is 12.8. The summed E-state index contributed by atoms with van der Waals surface area (Å²) in [6.07, 6.45) is 0.200. The fourth-order valence-electron chi connectivity index (χ4n) is 3.42. The van der Waals surface area contributed by atoms with Crippen molar-refractivity contribution < 1.29 is 19.2 Å². The van der Waals surface area contributed by atoms with Crippen molar-refractivity contribution >= 4 is 42.9 Å². The molecule has 1 fully saturated rings. The fourth-order valence-corrected chi connectivity index (χ4v) is 6.92. The molecule has 0 aromatic carbocycles. The summed E-state index contributed by atoms with van der Waals surface area (Å²) in [5.41, 5.74) is -0.169. The Morgan fingerprint density at radius 1 is 1.41 bits per heavy atom. The maximum absolute atomic E-state index is 12.8. The summed E-state index contributed by atoms with van der Waals surface area (Å²) < 4.78 is 1.89. The zero-order valence-electron chi connectivity index (χ0n) is 16.7. The largest absolute Gasteiger partial charge is 0.398 e. The number of Topliss-reactive ketones (excluding diaryl/α,β-unsaturated/α-hetero) is 1. The number of thiazole rings is 1. The summed E-state index contributed by atoms with van der Waals surface area (Å²) in [6.45, 7) is 11.6. The first-order valence-electron chi connectivity index (χ1n) is 8.60. The molecule has 1 atom stereocenters. The van der Waals surface area contributed by atoms with Gasteiger partial charge >= 0.3 is 0 Å². The number of oxime groups is 1. The third-order valence-corrected chi connectivity index (χ3v) is 7.28. The van der Waals surface area contributed by atoms with Crippen LogP contribution in [-0.4, -0.2) is 59.8 Å². The van der Waals surface area contributed by atoms with Crippen LogP contribution in [0.2, 0.25) is 19.6 Å². The Labute approximate surface area is 164 Å². The first kappa shape index (κ1) is 21.2. The van der Waals surface area contributed by atoms with E-state index in [1.807, 2.05) is 18.4 Å². The van der Waals surface area contributed by atoms with Crippen LogP contribution < -0.4 is 5.32 Å². The summed E-state index contributed by atoms with van der Waals surface area (Å²) in [6, 6.07) is -0.630. The lowest BCUT2D eigenvalue weighted by Gasteiger charge is -2.59. The minimum absolute atomic E-state index is 0.0150. The zero-order valence-corrected chi connectivity index (χ0v) is 18.6. The van der Waals surface area contributed by atoms with Gasteiger partial charge in [0, 0.05) is 5.38 Å². The summed E-state index contributed by atoms with van der Waals surface area (Å²) >= 11 is 1.27. The smallest absolute Gasteiger partial charge is 0.276 e. The molecule has 0 bridgehead atoms. The molecule has 10 heteroatoms. The van der Waals surface area contributed by atoms with Gasteiger partial charge in [-0.1, -0.05) is 24.8 Å². The quantitative estimate of drug-likeness (QED) is 0.318. The number of nitrogens with one attached hydrogen (secondary N) is 1. The van der Waals surface area contributed by atoms with E-state index in [9.17, 15) is 14.4 Å². The molecule has 8 nitrogen and oxygen atoms in total. The molecule has 27 heavy (non-hydrogen) atoms. The van der Waals surface area contributed by atoms with Gasteiger partial charge in [-0.3, -0.25) is 14.4 Å². The molecule has 1 aliphatic heterocycles. The van der Waals surface area contributed by atoms with E-state index in [1.165, 1.54) is 25.4 Å². The van der Waals surface area contributed by atoms with Gasteiger partial charge in [-0.25, -0.2) is 4.98 Å². The number of hydrogen-bond acceptors (Lipinski definition) is 7. The fraction of sp³-hybridized carbons (Fsp3) is 0.588. The molecule has 0 aliphatic carbocycles. The highest BCUT2D eigenvalue weighted by atomic mass is 32.1. The number of β-lactam (4-membered cyclic amide) rings is 1. The minimum Gasteiger partial charge on any atom is -0.398 e. The van der Waals surface area contributed by atoms with Crippen molar-refractivity contribution in [3.05, 3.63) is 16.1 Å². The first-order chi connectivity index (χ1) is 12.4. The van der Waals surface area contributed by atoms with Crippen LogP contribution in [0.15, 0.2) is 10.5 Å². The van der Waals surface area contributed by atoms with E-state index in [2.05, 4.69) is 35.1 Å². The molecule has 1 aromatic rings. The number of amides is 2. The Morgan fingerprint density at radius 2 is 2.04 bits per heavy atom. The SMILES string of the molecule is CO/N=C(\C(=O)NC1C(=O)N([Si](C)(C)C)C1(C)C)c1csc(CC(C)=O)n1. The molecular weight excluding hydrogens is 384 g/mol. The Balaban J connectivity index is 2.20. The van der Waals surface area contributed by atoms with Crippen LogP contribution in [0.4, 0.5) is 0 Å². The van der Waals surface area contributed by atoms with E-state index in [-0.39, 0.29) is 23.8 Å². The van der Waals surface area contributed by atoms with Gasteiger partial charge < -0.3 is 14.7 Å². The van der Waals surface area contributed by atoms with E-state index in [0.717, 1.165) is 0 Å². The van der Waals surface area contributed by atoms with Crippen LogP contribution in [0, 0.1) is 0 Å². The van der Waals surface area contributed by atoms with Crippen molar-refractivity contribution in [3.8, 4) is 0 Å². The number of hydrogen-bond donors (Lipinski definition) is 1. The number of aromatic nitrogens is 1. The van der Waals surface area contributed by atoms with Crippen molar-refractivity contribution in [3.63, 3.8) is 0 Å². The number of carbonyl (C=O) groups excluding carboxylic acids is 3. The standard InChI is InChI=1S/C17H26N4O4SSi/c1-10(22)8-12-18-11(9-26-12)13(20-25-4)15(23)19-14-16(24)21(17(14,2)3)27(5,6)7/h9,14H,8H2,1-7H3,(H,19,23)/b20-13-. The van der Waals surface area contributed by atoms with Crippen molar-refractivity contribution in [2.45, 2.75) is 58.4 Å². The molecule has 0 spiro atoms. The lowest BCUT2D eigenvalue weighted by molar-refractivity contribution is -0.152. The topological polar surface area (TPSA) is 101 Å². The zero-order chi connectivity index (χ0) is 20.6. The first-order valence-corrected chi connectivity index (χ1v) is 12.9. The van der Waals surface area contributed by atoms with Gasteiger partial charge in [0.15, 0.2) is 13.9 Å². The average Bonchev–Trinajstić information content (AvgIpc) is 2.95. The average molecular weight is 411 g/mol. The Morgan fingerprint density at radius 3 is 2.52 bits per heavy atom. The highest BCUT2D eigenvalue weighted by molar-refractivity contribution is 7.10. The lowest BCUT2D eigenvalue weighted by Crippen LogP contribution is -2.81. The highest BCUT2D eigenvalue weighted by Gasteiger charge is 2.58. The second kappa shape index (κ2) is 7.51. The third-order valence-electron chi connectivity index (χ3n) is 4.29. The monoisotopic (exact) mass is 410 g/mol. The van der Waals surface area contributed by atoms with E-state index >= 15 is 0 Å². The van der Waals surface area contributed by atoms with Gasteiger partial charge in [0.2, 0.25) is 5.91 Å². The van der Waals surface area contributed by atoms with Crippen LogP contribution in [0.3, 0.4) is 0 Å². The second-order valence-electron chi connectivity index (χ2n) is 8.03. The van der Waals surface area contributed by atoms with Crippen LogP contribution in [0.5, 0.6) is 0 Å². The molecule has 2 heterocycles. The normalized spacial score (nSPS) is 19.5. The Hall–Kier alpha value is -2.07. The van der Waals surface area contributed by atoms with Crippen LogP contribution in [-0.2, 0) is 25.6 Å². The van der Waals surface area contributed by atoms with E-state index < -0.39 is 25.7 Å². The van der Waals surface area contributed by atoms with Gasteiger partial charge in [-0.15, -0.1) is 11.3 Å². The number of rotatable bonds is 7. The molecule has 1 N–H and O–H groups in total. The third kappa shape index (κ3) is 4.27. The molecule has 1 aliphatic rings. The molecule has 148 valence electrons. The van der Waals surface area contributed by atoms with Gasteiger partial charge in [0.05, 0.1) is 12.0 Å². The van der Waals surface area contributed by atoms with E-state index in [1.54, 1.807) is 5.38 Å². The molecular formula is C17H26N4O4SSi. The van der Waals surface area contributed by atoms with Crippen molar-refractivity contribution in [1.82, 2.24) is 14.9 Å². The van der Waals surface area contributed by atoms with Crippen LogP contribution in [0.25, 0.3) is 0 Å². The summed E-state index contributed by atoms with van der Waals surface area (Å²) in [7, 11) is -0.514. The molecule has 1 saturated heterocycles. The van der Waals surface area contributed by atoms with Gasteiger partial charge in [0.1, 0.15) is 29.6 Å². The molecule has 2 rings (SSSR count). The van der Waals surface area contributed by atoms with Crippen LogP contribution >= 0.6 is 11.3 Å². The maximum Gasteiger partial charge on any atom is 0.276 e. The number of carbonyl (C=O) groups is 3. The minimum atomic E-state index is -1.85. The van der Waals surface area contributed by atoms with E-state index in [0.29, 0.717) is 10.7 Å². The summed E-state index contributed by atoms with van der Waals surface area (Å²) in [4.78, 5) is 45.7. The van der Waals surface area contributed by atoms with Crippen molar-refractivity contribution in [2.75, 3.05) is 7.11 Å². The van der Waals surface area contributed by atoms with Gasteiger partial charge in [-0.05, 0) is 20.8 Å². The van der Waals surface area contributed by atoms with Gasteiger partial charge in [0.25, 0.3) is 5.91 Å². The predicted octanol–water partition coefficient (Wildman–Crippen LogP) is 1.57. The molecule has 0 saturated carbocycles. The Bertz CT molecular complexity index is 797. The Kier molecular flexibility index (Phi) is 5.90. The summed E-state index contributed by atoms with van der Waals surface area (Å²) in [5.74, 6) is -0.628. The summed E-state index contributed by atoms with van der Waals surface area (Å²) in [5, 5.41) is 8.80. The van der Waals surface area contributed by atoms with Crippen molar-refractivity contribution in [2.24, 2.45) is 5.16 Å². The van der Waals surface area contributed by atoms with Crippen molar-refractivity contribution in [1.29, 1.82) is 0 Å². The van der Waals surface area contributed by atoms with E-state index in [4.69, 9.17) is 4.84 Å². The molecule has 2 amide bonds. The number of nitrogens with zero attached hydrogens (tertiary/aromatic N) is 3. The molecule has 0 radical (unpaired) electrons. The predicted molar refractivity (Wildman–Crippen MR) is 106 cm³/mol.